The van der Waals surface area contributed by atoms with Gasteiger partial charge in [0.15, 0.2) is 5.05 Å². The normalized spacial score (nSPS) is 12.6. The van der Waals surface area contributed by atoms with Gasteiger partial charge < -0.3 is 10.1 Å². The number of ether oxygens (including phenoxy) is 1. The van der Waals surface area contributed by atoms with E-state index in [-0.39, 0.29) is 0 Å². The first kappa shape index (κ1) is 10.8. The molecule has 0 saturated heterocycles. The Hall–Kier alpha value is -0.150. The number of hydrogen-bond acceptors (Lipinski definition) is 3. The second kappa shape index (κ2) is 6.55. The monoisotopic (exact) mass is 175 g/mol. The minimum atomic E-state index is 0.396. The molecule has 11 heavy (non-hydrogen) atoms. The molecule has 2 nitrogen and oxygen atoms in total. The SMILES string of the molecule is CCCNC(C)COC(C)=S. The van der Waals surface area contributed by atoms with Crippen molar-refractivity contribution in [2.45, 2.75) is 33.2 Å². The summed E-state index contributed by atoms with van der Waals surface area (Å²) in [6.07, 6.45) is 1.15. The van der Waals surface area contributed by atoms with E-state index in [4.69, 9.17) is 17.0 Å². The summed E-state index contributed by atoms with van der Waals surface area (Å²) in [7, 11) is 0. The van der Waals surface area contributed by atoms with Crippen LogP contribution in [0.4, 0.5) is 0 Å². The Morgan fingerprint density at radius 2 is 2.27 bits per heavy atom. The Bertz CT molecular complexity index is 117. The average molecular weight is 175 g/mol. The standard InChI is InChI=1S/C8H17NOS/c1-4-5-9-7(2)6-10-8(3)11/h7,9H,4-6H2,1-3H3. The minimum Gasteiger partial charge on any atom is -0.486 e. The summed E-state index contributed by atoms with van der Waals surface area (Å²) in [6, 6.07) is 0.396. The van der Waals surface area contributed by atoms with Gasteiger partial charge in [-0.1, -0.05) is 6.92 Å². The van der Waals surface area contributed by atoms with Gasteiger partial charge in [0.05, 0.1) is 0 Å². The van der Waals surface area contributed by atoms with Crippen molar-refractivity contribution in [1.82, 2.24) is 5.32 Å². The third-order valence-electron chi connectivity index (χ3n) is 1.28. The van der Waals surface area contributed by atoms with Crippen molar-refractivity contribution < 1.29 is 4.74 Å². The molecule has 0 fully saturated rings. The van der Waals surface area contributed by atoms with Crippen LogP contribution in [0, 0.1) is 0 Å². The highest BCUT2D eigenvalue weighted by atomic mass is 32.1. The molecule has 0 rings (SSSR count). The fourth-order valence-electron chi connectivity index (χ4n) is 0.692. The highest BCUT2D eigenvalue weighted by Crippen LogP contribution is 1.87. The smallest absolute Gasteiger partial charge is 0.156 e. The summed E-state index contributed by atoms with van der Waals surface area (Å²) in [4.78, 5) is 0. The van der Waals surface area contributed by atoms with Crippen LogP contribution in [0.1, 0.15) is 27.2 Å². The van der Waals surface area contributed by atoms with Gasteiger partial charge in [-0.25, -0.2) is 0 Å². The third-order valence-corrected chi connectivity index (χ3v) is 1.40. The molecule has 3 heteroatoms. The molecule has 0 aliphatic heterocycles. The zero-order valence-corrected chi connectivity index (χ0v) is 8.33. The molecule has 1 N–H and O–H groups in total. The van der Waals surface area contributed by atoms with Gasteiger partial charge in [-0.05, 0) is 32.1 Å². The Labute approximate surface area is 74.3 Å². The van der Waals surface area contributed by atoms with E-state index in [1.165, 1.54) is 0 Å². The molecule has 1 atom stereocenters. The lowest BCUT2D eigenvalue weighted by molar-refractivity contribution is 0.267. The lowest BCUT2D eigenvalue weighted by Crippen LogP contribution is -2.31. The van der Waals surface area contributed by atoms with Gasteiger partial charge in [0, 0.05) is 13.0 Å². The first-order valence-corrected chi connectivity index (χ1v) is 4.44. The van der Waals surface area contributed by atoms with Crippen molar-refractivity contribution in [3.05, 3.63) is 0 Å². The quantitative estimate of drug-likeness (QED) is 0.643. The summed E-state index contributed by atoms with van der Waals surface area (Å²) in [5.41, 5.74) is 0. The number of rotatable bonds is 5. The van der Waals surface area contributed by atoms with Gasteiger partial charge in [0.1, 0.15) is 6.61 Å². The van der Waals surface area contributed by atoms with E-state index < -0.39 is 0 Å². The molecule has 0 bridgehead atoms. The molecule has 0 aliphatic carbocycles. The number of hydrogen-bond donors (Lipinski definition) is 1. The maximum absolute atomic E-state index is 5.17. The van der Waals surface area contributed by atoms with E-state index in [1.54, 1.807) is 6.92 Å². The van der Waals surface area contributed by atoms with Crippen LogP contribution in [0.15, 0.2) is 0 Å². The van der Waals surface area contributed by atoms with E-state index >= 15 is 0 Å². The topological polar surface area (TPSA) is 21.3 Å². The zero-order valence-electron chi connectivity index (χ0n) is 7.52. The molecule has 0 spiro atoms. The predicted octanol–water partition coefficient (Wildman–Crippen LogP) is 1.74. The van der Waals surface area contributed by atoms with Crippen molar-refractivity contribution >= 4 is 17.3 Å². The highest BCUT2D eigenvalue weighted by Gasteiger charge is 1.99. The van der Waals surface area contributed by atoms with Crippen LogP contribution in [0.2, 0.25) is 0 Å². The molecular formula is C8H17NOS. The zero-order chi connectivity index (χ0) is 8.69. The Morgan fingerprint density at radius 1 is 1.64 bits per heavy atom. The Kier molecular flexibility index (Phi) is 6.46. The van der Waals surface area contributed by atoms with Gasteiger partial charge in [-0.3, -0.25) is 0 Å². The number of thiocarbonyl (C=S) groups is 1. The van der Waals surface area contributed by atoms with Gasteiger partial charge in [-0.2, -0.15) is 0 Å². The molecule has 66 valence electrons. The maximum atomic E-state index is 5.17. The van der Waals surface area contributed by atoms with E-state index in [2.05, 4.69) is 19.2 Å². The van der Waals surface area contributed by atoms with Crippen LogP contribution in [0.5, 0.6) is 0 Å². The van der Waals surface area contributed by atoms with Gasteiger partial charge >= 0.3 is 0 Å². The summed E-state index contributed by atoms with van der Waals surface area (Å²) in [5.74, 6) is 0. The van der Waals surface area contributed by atoms with E-state index in [9.17, 15) is 0 Å². The first-order chi connectivity index (χ1) is 5.16. The van der Waals surface area contributed by atoms with Crippen molar-refractivity contribution in [3.8, 4) is 0 Å². The van der Waals surface area contributed by atoms with Gasteiger partial charge in [-0.15, -0.1) is 0 Å². The Morgan fingerprint density at radius 3 is 2.73 bits per heavy atom. The molecule has 0 saturated carbocycles. The predicted molar refractivity (Wildman–Crippen MR) is 52.0 cm³/mol. The molecule has 0 radical (unpaired) electrons. The first-order valence-electron chi connectivity index (χ1n) is 4.03. The summed E-state index contributed by atoms with van der Waals surface area (Å²) >= 11 is 4.78. The second-order valence-corrected chi connectivity index (χ2v) is 3.23. The summed E-state index contributed by atoms with van der Waals surface area (Å²) < 4.78 is 5.17. The molecule has 0 heterocycles. The second-order valence-electron chi connectivity index (χ2n) is 2.66. The lowest BCUT2D eigenvalue weighted by Gasteiger charge is -2.12. The van der Waals surface area contributed by atoms with Crippen LogP contribution in [-0.4, -0.2) is 24.2 Å². The van der Waals surface area contributed by atoms with Gasteiger partial charge in [0.25, 0.3) is 0 Å². The fraction of sp³-hybridized carbons (Fsp3) is 0.875. The van der Waals surface area contributed by atoms with Crippen molar-refractivity contribution in [2.24, 2.45) is 0 Å². The van der Waals surface area contributed by atoms with E-state index in [0.29, 0.717) is 17.7 Å². The minimum absolute atomic E-state index is 0.396. The molecule has 0 aromatic carbocycles. The van der Waals surface area contributed by atoms with Crippen LogP contribution in [0.25, 0.3) is 0 Å². The van der Waals surface area contributed by atoms with Crippen molar-refractivity contribution in [3.63, 3.8) is 0 Å². The van der Waals surface area contributed by atoms with Crippen molar-refractivity contribution in [2.75, 3.05) is 13.2 Å². The highest BCUT2D eigenvalue weighted by molar-refractivity contribution is 7.80. The maximum Gasteiger partial charge on any atom is 0.156 e. The molecule has 0 aromatic heterocycles. The molecule has 0 aromatic rings. The van der Waals surface area contributed by atoms with E-state index in [1.807, 2.05) is 0 Å². The Balaban J connectivity index is 3.22. The van der Waals surface area contributed by atoms with Crippen LogP contribution in [0.3, 0.4) is 0 Å². The molecule has 1 unspecified atom stereocenters. The van der Waals surface area contributed by atoms with Gasteiger partial charge in [0.2, 0.25) is 0 Å². The average Bonchev–Trinajstić information content (AvgIpc) is 1.97. The summed E-state index contributed by atoms with van der Waals surface area (Å²) in [6.45, 7) is 7.75. The third kappa shape index (κ3) is 7.75. The molecule has 0 aliphatic rings. The molecular weight excluding hydrogens is 158 g/mol. The fourth-order valence-corrected chi connectivity index (χ4v) is 0.760. The largest absolute Gasteiger partial charge is 0.486 e. The van der Waals surface area contributed by atoms with Crippen molar-refractivity contribution in [1.29, 1.82) is 0 Å². The number of nitrogens with one attached hydrogen (secondary N) is 1. The van der Waals surface area contributed by atoms with Crippen LogP contribution < -0.4 is 5.32 Å². The van der Waals surface area contributed by atoms with Crippen LogP contribution in [-0.2, 0) is 4.74 Å². The summed E-state index contributed by atoms with van der Waals surface area (Å²) in [5, 5.41) is 3.92. The van der Waals surface area contributed by atoms with E-state index in [0.717, 1.165) is 13.0 Å². The molecule has 0 amide bonds. The lowest BCUT2D eigenvalue weighted by atomic mass is 10.3. The van der Waals surface area contributed by atoms with Crippen LogP contribution >= 0.6 is 12.2 Å².